The smallest absolute Gasteiger partial charge is 0.310 e. The molecule has 100 valence electrons. The summed E-state index contributed by atoms with van der Waals surface area (Å²) >= 11 is 0. The summed E-state index contributed by atoms with van der Waals surface area (Å²) in [5.41, 5.74) is -0.609. The van der Waals surface area contributed by atoms with Gasteiger partial charge in [0.2, 0.25) is 0 Å². The Bertz CT molecular complexity index is 419. The third-order valence-electron chi connectivity index (χ3n) is 2.50. The molecule has 0 aliphatic carbocycles. The third kappa shape index (κ3) is 4.29. The van der Waals surface area contributed by atoms with Crippen molar-refractivity contribution in [3.8, 4) is 0 Å². The summed E-state index contributed by atoms with van der Waals surface area (Å²) in [5.74, 6) is 0.356. The van der Waals surface area contributed by atoms with E-state index in [4.69, 9.17) is 0 Å². The molecule has 1 rings (SSSR count). The van der Waals surface area contributed by atoms with Crippen LogP contribution in [0.5, 0.6) is 0 Å². The standard InChI is InChI=1S/C12H19N3O3/c1-9(2)6-12(3,16)8-14-10-4-5-13-7-11(10)15(17)18/h4-5,7,9,16H,6,8H2,1-3H3,(H,13,14). The van der Waals surface area contributed by atoms with E-state index in [1.54, 1.807) is 6.92 Å². The summed E-state index contributed by atoms with van der Waals surface area (Å²) in [6.45, 7) is 6.01. The molecule has 6 heteroatoms. The molecule has 0 saturated carbocycles. The summed E-state index contributed by atoms with van der Waals surface area (Å²) in [7, 11) is 0. The van der Waals surface area contributed by atoms with Gasteiger partial charge in [0.15, 0.2) is 0 Å². The van der Waals surface area contributed by atoms with Gasteiger partial charge >= 0.3 is 5.69 Å². The summed E-state index contributed by atoms with van der Waals surface area (Å²) in [4.78, 5) is 14.0. The molecule has 0 amide bonds. The van der Waals surface area contributed by atoms with E-state index in [-0.39, 0.29) is 12.2 Å². The van der Waals surface area contributed by atoms with Crippen LogP contribution in [0, 0.1) is 16.0 Å². The molecule has 0 fully saturated rings. The third-order valence-corrected chi connectivity index (χ3v) is 2.50. The number of hydrogen-bond donors (Lipinski definition) is 2. The highest BCUT2D eigenvalue weighted by molar-refractivity contribution is 5.59. The number of nitrogens with one attached hydrogen (secondary N) is 1. The van der Waals surface area contributed by atoms with Crippen LogP contribution < -0.4 is 5.32 Å². The molecule has 0 aliphatic heterocycles. The Morgan fingerprint density at radius 2 is 2.28 bits per heavy atom. The van der Waals surface area contributed by atoms with Crippen LogP contribution in [0.4, 0.5) is 11.4 Å². The lowest BCUT2D eigenvalue weighted by Gasteiger charge is -2.25. The molecule has 0 bridgehead atoms. The van der Waals surface area contributed by atoms with Gasteiger partial charge in [0, 0.05) is 12.7 Å². The Kier molecular flexibility index (Phi) is 4.61. The first-order valence-corrected chi connectivity index (χ1v) is 5.86. The molecular formula is C12H19N3O3. The van der Waals surface area contributed by atoms with Crippen molar-refractivity contribution in [2.75, 3.05) is 11.9 Å². The Morgan fingerprint density at radius 1 is 1.61 bits per heavy atom. The van der Waals surface area contributed by atoms with Crippen LogP contribution in [-0.4, -0.2) is 27.2 Å². The fraction of sp³-hybridized carbons (Fsp3) is 0.583. The van der Waals surface area contributed by atoms with Gasteiger partial charge in [0.05, 0.1) is 10.5 Å². The summed E-state index contributed by atoms with van der Waals surface area (Å²) in [6, 6.07) is 1.53. The number of aromatic nitrogens is 1. The predicted molar refractivity (Wildman–Crippen MR) is 69.5 cm³/mol. The molecular weight excluding hydrogens is 234 g/mol. The van der Waals surface area contributed by atoms with Gasteiger partial charge in [-0.3, -0.25) is 15.1 Å². The maximum atomic E-state index is 10.8. The lowest BCUT2D eigenvalue weighted by molar-refractivity contribution is -0.384. The molecule has 0 aromatic carbocycles. The monoisotopic (exact) mass is 253 g/mol. The summed E-state index contributed by atoms with van der Waals surface area (Å²) < 4.78 is 0. The van der Waals surface area contributed by atoms with Crippen LogP contribution in [-0.2, 0) is 0 Å². The van der Waals surface area contributed by atoms with E-state index < -0.39 is 10.5 Å². The zero-order valence-corrected chi connectivity index (χ0v) is 10.9. The first-order chi connectivity index (χ1) is 8.32. The van der Waals surface area contributed by atoms with E-state index in [1.807, 2.05) is 13.8 Å². The maximum Gasteiger partial charge on any atom is 0.310 e. The second-order valence-electron chi connectivity index (χ2n) is 5.10. The lowest BCUT2D eigenvalue weighted by atomic mass is 9.94. The van der Waals surface area contributed by atoms with Crippen LogP contribution in [0.2, 0.25) is 0 Å². The van der Waals surface area contributed by atoms with Gasteiger partial charge in [-0.25, -0.2) is 0 Å². The van der Waals surface area contributed by atoms with E-state index in [0.717, 1.165) is 0 Å². The van der Waals surface area contributed by atoms with Gasteiger partial charge < -0.3 is 10.4 Å². The van der Waals surface area contributed by atoms with Crippen molar-refractivity contribution in [2.45, 2.75) is 32.8 Å². The number of nitrogens with zero attached hydrogens (tertiary/aromatic N) is 2. The largest absolute Gasteiger partial charge is 0.388 e. The number of pyridine rings is 1. The predicted octanol–water partition coefficient (Wildman–Crippen LogP) is 2.20. The van der Waals surface area contributed by atoms with Crippen molar-refractivity contribution in [1.82, 2.24) is 4.98 Å². The van der Waals surface area contributed by atoms with Crippen LogP contribution in [0.15, 0.2) is 18.5 Å². The molecule has 2 N–H and O–H groups in total. The molecule has 18 heavy (non-hydrogen) atoms. The molecule has 1 atom stereocenters. The van der Waals surface area contributed by atoms with Crippen molar-refractivity contribution in [1.29, 1.82) is 0 Å². The van der Waals surface area contributed by atoms with Crippen molar-refractivity contribution >= 4 is 11.4 Å². The first kappa shape index (κ1) is 14.4. The lowest BCUT2D eigenvalue weighted by Crippen LogP contribution is -2.35. The van der Waals surface area contributed by atoms with Gasteiger partial charge in [-0.15, -0.1) is 0 Å². The topological polar surface area (TPSA) is 88.3 Å². The second-order valence-corrected chi connectivity index (χ2v) is 5.10. The van der Waals surface area contributed by atoms with E-state index >= 15 is 0 Å². The van der Waals surface area contributed by atoms with Crippen LogP contribution >= 0.6 is 0 Å². The highest BCUT2D eigenvalue weighted by Crippen LogP contribution is 2.24. The fourth-order valence-electron chi connectivity index (χ4n) is 1.92. The number of aliphatic hydroxyl groups is 1. The fourth-order valence-corrected chi connectivity index (χ4v) is 1.92. The number of hydrogen-bond acceptors (Lipinski definition) is 5. The molecule has 6 nitrogen and oxygen atoms in total. The van der Waals surface area contributed by atoms with Crippen molar-refractivity contribution in [3.63, 3.8) is 0 Å². The highest BCUT2D eigenvalue weighted by atomic mass is 16.6. The van der Waals surface area contributed by atoms with E-state index in [0.29, 0.717) is 18.0 Å². The van der Waals surface area contributed by atoms with Crippen molar-refractivity contribution < 1.29 is 10.0 Å². The first-order valence-electron chi connectivity index (χ1n) is 5.86. The van der Waals surface area contributed by atoms with Gasteiger partial charge in [-0.05, 0) is 25.3 Å². The second kappa shape index (κ2) is 5.77. The SMILES string of the molecule is CC(C)CC(C)(O)CNc1ccncc1[N+](=O)[O-]. The molecule has 0 aliphatic rings. The Balaban J connectivity index is 2.71. The number of rotatable bonds is 6. The number of nitro groups is 1. The molecule has 1 aromatic rings. The molecule has 1 aromatic heterocycles. The van der Waals surface area contributed by atoms with Gasteiger partial charge in [0.1, 0.15) is 11.9 Å². The summed E-state index contributed by atoms with van der Waals surface area (Å²) in [6.07, 6.45) is 3.30. The zero-order valence-electron chi connectivity index (χ0n) is 10.9. The van der Waals surface area contributed by atoms with Gasteiger partial charge in [-0.1, -0.05) is 13.8 Å². The van der Waals surface area contributed by atoms with E-state index in [2.05, 4.69) is 10.3 Å². The van der Waals surface area contributed by atoms with Gasteiger partial charge in [0.25, 0.3) is 0 Å². The minimum absolute atomic E-state index is 0.0853. The number of anilines is 1. The normalized spacial score (nSPS) is 14.3. The minimum atomic E-state index is -0.898. The Morgan fingerprint density at radius 3 is 2.83 bits per heavy atom. The van der Waals surface area contributed by atoms with Crippen molar-refractivity contribution in [2.24, 2.45) is 5.92 Å². The molecule has 1 unspecified atom stereocenters. The van der Waals surface area contributed by atoms with Crippen LogP contribution in [0.25, 0.3) is 0 Å². The summed E-state index contributed by atoms with van der Waals surface area (Å²) in [5, 5.41) is 23.8. The molecule has 0 spiro atoms. The van der Waals surface area contributed by atoms with E-state index in [9.17, 15) is 15.2 Å². The molecule has 1 heterocycles. The minimum Gasteiger partial charge on any atom is -0.388 e. The van der Waals surface area contributed by atoms with E-state index in [1.165, 1.54) is 18.5 Å². The average Bonchev–Trinajstić information content (AvgIpc) is 2.25. The Hall–Kier alpha value is -1.69. The quantitative estimate of drug-likeness (QED) is 0.599. The average molecular weight is 253 g/mol. The Labute approximate surface area is 106 Å². The molecule has 0 saturated heterocycles. The molecule has 0 radical (unpaired) electrons. The maximum absolute atomic E-state index is 10.8. The zero-order chi connectivity index (χ0) is 13.8. The van der Waals surface area contributed by atoms with Crippen LogP contribution in [0.3, 0.4) is 0 Å². The van der Waals surface area contributed by atoms with Crippen LogP contribution in [0.1, 0.15) is 27.2 Å². The van der Waals surface area contributed by atoms with Gasteiger partial charge in [-0.2, -0.15) is 0 Å². The van der Waals surface area contributed by atoms with Crippen molar-refractivity contribution in [3.05, 3.63) is 28.6 Å². The highest BCUT2D eigenvalue weighted by Gasteiger charge is 2.23.